The number of para-hydroxylation sites is 1. The Morgan fingerprint density at radius 2 is 1.94 bits per heavy atom. The molecule has 2 heterocycles. The van der Waals surface area contributed by atoms with Crippen molar-refractivity contribution in [2.45, 2.75) is 85.5 Å². The molecule has 0 spiro atoms. The standard InChI is InChI=1S/C23H37N2O5PS2/c1-16-13-23(7,8)30-31(32,29-16)25(15-21(2,3)4)33-24(9)20(26)27-18-12-10-11-17-14-22(5,6)28-19(17)18/h10-12,16H,13-15H2,1-9H3. The number of hydrogen-bond acceptors (Lipinski definition) is 7. The summed E-state index contributed by atoms with van der Waals surface area (Å²) in [5.41, 5.74) is 0.205. The molecule has 10 heteroatoms. The molecule has 186 valence electrons. The van der Waals surface area contributed by atoms with E-state index in [1.165, 1.54) is 16.4 Å². The van der Waals surface area contributed by atoms with Gasteiger partial charge in [0, 0.05) is 32.0 Å². The topological polar surface area (TPSA) is 60.5 Å². The smallest absolute Gasteiger partial charge is 0.426 e. The summed E-state index contributed by atoms with van der Waals surface area (Å²) in [5, 5.41) is 0. The summed E-state index contributed by atoms with van der Waals surface area (Å²) in [5.74, 6) is 1.04. The predicted molar refractivity (Wildman–Crippen MR) is 137 cm³/mol. The fraction of sp³-hybridized carbons (Fsp3) is 0.696. The molecule has 7 nitrogen and oxygen atoms in total. The molecule has 33 heavy (non-hydrogen) atoms. The van der Waals surface area contributed by atoms with E-state index in [-0.39, 0.29) is 17.1 Å². The van der Waals surface area contributed by atoms with Gasteiger partial charge in [-0.2, -0.15) is 4.08 Å². The van der Waals surface area contributed by atoms with Crippen LogP contribution in [-0.2, 0) is 27.3 Å². The first-order valence-corrected chi connectivity index (χ1v) is 14.5. The average molecular weight is 517 g/mol. The van der Waals surface area contributed by atoms with Gasteiger partial charge in [0.25, 0.3) is 6.64 Å². The fourth-order valence-corrected chi connectivity index (χ4v) is 9.28. The highest BCUT2D eigenvalue weighted by Gasteiger charge is 2.45. The van der Waals surface area contributed by atoms with Crippen LogP contribution in [0.3, 0.4) is 0 Å². The second-order valence-electron chi connectivity index (χ2n) is 11.2. The lowest BCUT2D eigenvalue weighted by molar-refractivity contribution is -0.00670. The lowest BCUT2D eigenvalue weighted by Gasteiger charge is -2.46. The quantitative estimate of drug-likeness (QED) is 0.322. The Balaban J connectivity index is 1.78. The van der Waals surface area contributed by atoms with Crippen molar-refractivity contribution < 1.29 is 23.3 Å². The number of rotatable bonds is 5. The number of benzene rings is 1. The highest BCUT2D eigenvalue weighted by atomic mass is 32.5. The molecule has 0 aromatic heterocycles. The average Bonchev–Trinajstić information content (AvgIpc) is 2.92. The molecule has 1 aromatic rings. The van der Waals surface area contributed by atoms with Crippen LogP contribution in [0.2, 0.25) is 0 Å². The van der Waals surface area contributed by atoms with E-state index in [2.05, 4.69) is 20.8 Å². The molecule has 2 aliphatic heterocycles. The van der Waals surface area contributed by atoms with Crippen LogP contribution < -0.4 is 9.47 Å². The zero-order valence-electron chi connectivity index (χ0n) is 21.1. The van der Waals surface area contributed by atoms with Gasteiger partial charge in [0.2, 0.25) is 0 Å². The van der Waals surface area contributed by atoms with E-state index in [4.69, 9.17) is 30.3 Å². The van der Waals surface area contributed by atoms with Crippen molar-refractivity contribution in [2.75, 3.05) is 13.6 Å². The van der Waals surface area contributed by atoms with Crippen molar-refractivity contribution in [1.82, 2.24) is 8.38 Å². The normalized spacial score (nSPS) is 25.9. The van der Waals surface area contributed by atoms with E-state index in [1.807, 2.05) is 50.8 Å². The van der Waals surface area contributed by atoms with Gasteiger partial charge < -0.3 is 18.5 Å². The van der Waals surface area contributed by atoms with Crippen LogP contribution in [0.1, 0.15) is 67.4 Å². The number of nitrogens with zero attached hydrogens (tertiary/aromatic N) is 2. The molecule has 2 atom stereocenters. The Kier molecular flexibility index (Phi) is 7.56. The summed E-state index contributed by atoms with van der Waals surface area (Å²) in [6, 6.07) is 5.63. The third-order valence-corrected chi connectivity index (χ3v) is 10.1. The first-order chi connectivity index (χ1) is 15.0. The Labute approximate surface area is 208 Å². The molecule has 2 unspecified atom stereocenters. The van der Waals surface area contributed by atoms with E-state index in [0.29, 0.717) is 18.0 Å². The second-order valence-corrected chi connectivity index (χ2v) is 15.9. The molecular formula is C23H37N2O5PS2. The van der Waals surface area contributed by atoms with Gasteiger partial charge in [0.05, 0.1) is 23.8 Å². The Bertz CT molecular complexity index is 947. The summed E-state index contributed by atoms with van der Waals surface area (Å²) in [7, 11) is 1.66. The van der Waals surface area contributed by atoms with Crippen LogP contribution in [0.15, 0.2) is 18.2 Å². The van der Waals surface area contributed by atoms with Crippen molar-refractivity contribution in [1.29, 1.82) is 0 Å². The van der Waals surface area contributed by atoms with Crippen LogP contribution in [0, 0.1) is 5.41 Å². The fourth-order valence-electron chi connectivity index (χ4n) is 3.99. The summed E-state index contributed by atoms with van der Waals surface area (Å²) >= 11 is 7.15. The van der Waals surface area contributed by atoms with Crippen molar-refractivity contribution in [3.05, 3.63) is 23.8 Å². The minimum absolute atomic E-state index is 0.0349. The van der Waals surface area contributed by atoms with Gasteiger partial charge in [0.15, 0.2) is 11.5 Å². The Morgan fingerprint density at radius 1 is 1.27 bits per heavy atom. The molecule has 0 aliphatic carbocycles. The minimum atomic E-state index is -2.85. The van der Waals surface area contributed by atoms with Crippen LogP contribution in [0.5, 0.6) is 11.5 Å². The van der Waals surface area contributed by atoms with Crippen LogP contribution in [0.4, 0.5) is 4.79 Å². The van der Waals surface area contributed by atoms with Gasteiger partial charge in [-0.15, -0.1) is 0 Å². The van der Waals surface area contributed by atoms with E-state index in [1.54, 1.807) is 13.1 Å². The van der Waals surface area contributed by atoms with Gasteiger partial charge >= 0.3 is 6.09 Å². The first-order valence-electron chi connectivity index (χ1n) is 11.2. The van der Waals surface area contributed by atoms with Crippen LogP contribution in [-0.4, -0.2) is 45.4 Å². The van der Waals surface area contributed by atoms with E-state index < -0.39 is 18.3 Å². The van der Waals surface area contributed by atoms with Crippen molar-refractivity contribution in [2.24, 2.45) is 5.41 Å². The second kappa shape index (κ2) is 9.32. The molecule has 1 fully saturated rings. The number of ether oxygens (including phenoxy) is 2. The van der Waals surface area contributed by atoms with Gasteiger partial charge in [-0.3, -0.25) is 0 Å². The Morgan fingerprint density at radius 3 is 2.55 bits per heavy atom. The monoisotopic (exact) mass is 516 g/mol. The van der Waals surface area contributed by atoms with Crippen molar-refractivity contribution in [3.63, 3.8) is 0 Å². The zero-order chi connectivity index (χ0) is 24.8. The van der Waals surface area contributed by atoms with Gasteiger partial charge in [-0.05, 0) is 57.9 Å². The van der Waals surface area contributed by atoms with E-state index in [0.717, 1.165) is 18.4 Å². The third-order valence-electron chi connectivity index (χ3n) is 5.06. The maximum absolute atomic E-state index is 13.1. The molecule has 0 saturated carbocycles. The molecule has 0 N–H and O–H groups in total. The van der Waals surface area contributed by atoms with Crippen LogP contribution in [0.25, 0.3) is 0 Å². The van der Waals surface area contributed by atoms with Crippen molar-refractivity contribution >= 4 is 36.7 Å². The van der Waals surface area contributed by atoms with E-state index >= 15 is 0 Å². The minimum Gasteiger partial charge on any atom is -0.483 e. The van der Waals surface area contributed by atoms with Crippen molar-refractivity contribution in [3.8, 4) is 11.5 Å². The first kappa shape index (κ1) is 26.8. The Hall–Kier alpha value is -0.830. The lowest BCUT2D eigenvalue weighted by atomic mass is 9.98. The summed E-state index contributed by atoms with van der Waals surface area (Å²) in [6.45, 7) is 14.2. The highest BCUT2D eigenvalue weighted by Crippen LogP contribution is 2.63. The van der Waals surface area contributed by atoms with E-state index in [9.17, 15) is 4.79 Å². The number of carbonyl (C=O) groups is 1. The largest absolute Gasteiger partial charge is 0.483 e. The SMILES string of the molecule is CC1CC(C)(C)OP(=S)(N(CC(C)(C)C)SN(C)C(=O)Oc2cccc3c2OC(C)(C)C3)O1. The highest BCUT2D eigenvalue weighted by molar-refractivity contribution is 8.15. The molecule has 0 radical (unpaired) electrons. The summed E-state index contributed by atoms with van der Waals surface area (Å²) < 4.78 is 27.7. The number of hydrogen-bond donors (Lipinski definition) is 0. The lowest BCUT2D eigenvalue weighted by Crippen LogP contribution is -2.40. The number of amides is 1. The van der Waals surface area contributed by atoms with Crippen LogP contribution >= 0.6 is 18.8 Å². The number of fused-ring (bicyclic) bond motifs is 1. The molecular weight excluding hydrogens is 479 g/mol. The summed E-state index contributed by atoms with van der Waals surface area (Å²) in [4.78, 5) is 13.1. The molecule has 2 aliphatic rings. The third kappa shape index (κ3) is 6.86. The number of carbonyl (C=O) groups excluding carboxylic acids is 1. The molecule has 3 rings (SSSR count). The maximum atomic E-state index is 13.1. The predicted octanol–water partition coefficient (Wildman–Crippen LogP) is 6.57. The maximum Gasteiger partial charge on any atom is 0.426 e. The van der Waals surface area contributed by atoms with Gasteiger partial charge in [-0.25, -0.2) is 9.10 Å². The zero-order valence-corrected chi connectivity index (χ0v) is 23.7. The molecule has 1 amide bonds. The molecule has 0 bridgehead atoms. The molecule has 1 saturated heterocycles. The summed E-state index contributed by atoms with van der Waals surface area (Å²) in [6.07, 6.45) is 0.967. The van der Waals surface area contributed by atoms with Gasteiger partial charge in [-0.1, -0.05) is 32.9 Å². The molecule has 1 aromatic carbocycles. The van der Waals surface area contributed by atoms with Gasteiger partial charge in [0.1, 0.15) is 5.60 Å².